The highest BCUT2D eigenvalue weighted by Gasteiger charge is 2.00. The minimum Gasteiger partial charge on any atom is -0.494 e. The van der Waals surface area contributed by atoms with E-state index in [2.05, 4.69) is 4.98 Å². The highest BCUT2D eigenvalue weighted by Crippen LogP contribution is 2.19. The lowest BCUT2D eigenvalue weighted by molar-refractivity contribution is 0.416. The van der Waals surface area contributed by atoms with E-state index < -0.39 is 0 Å². The number of pyridine rings is 1. The summed E-state index contributed by atoms with van der Waals surface area (Å²) in [5, 5.41) is 8.44. The Labute approximate surface area is 64.2 Å². The Morgan fingerprint density at radius 1 is 1.73 bits per heavy atom. The molecule has 1 aromatic heterocycles. The van der Waals surface area contributed by atoms with Crippen LogP contribution < -0.4 is 10.5 Å². The second-order valence-corrected chi connectivity index (χ2v) is 1.92. The number of nitriles is 1. The van der Waals surface area contributed by atoms with Gasteiger partial charge in [-0.05, 0) is 0 Å². The Hall–Kier alpha value is -1.76. The zero-order valence-corrected chi connectivity index (χ0v) is 6.03. The van der Waals surface area contributed by atoms with Crippen LogP contribution in [-0.2, 0) is 0 Å². The molecule has 0 aliphatic rings. The summed E-state index contributed by atoms with van der Waals surface area (Å²) in [6, 6.07) is 3.38. The molecular formula is C7H7N3O. The van der Waals surface area contributed by atoms with Crippen molar-refractivity contribution in [2.24, 2.45) is 0 Å². The van der Waals surface area contributed by atoms with Crippen LogP contribution in [0.5, 0.6) is 5.75 Å². The van der Waals surface area contributed by atoms with Gasteiger partial charge in [0.1, 0.15) is 17.5 Å². The predicted molar refractivity (Wildman–Crippen MR) is 39.9 cm³/mol. The van der Waals surface area contributed by atoms with E-state index in [-0.39, 0.29) is 0 Å². The average molecular weight is 149 g/mol. The quantitative estimate of drug-likeness (QED) is 0.632. The third-order valence-electron chi connectivity index (χ3n) is 1.23. The smallest absolute Gasteiger partial charge is 0.146 e. The van der Waals surface area contributed by atoms with E-state index in [0.29, 0.717) is 17.1 Å². The Morgan fingerprint density at radius 3 is 3.00 bits per heavy atom. The zero-order chi connectivity index (χ0) is 8.27. The fraction of sp³-hybridized carbons (Fsp3) is 0.143. The molecule has 0 atom stereocenters. The zero-order valence-electron chi connectivity index (χ0n) is 6.03. The first-order valence-electron chi connectivity index (χ1n) is 2.97. The van der Waals surface area contributed by atoms with Gasteiger partial charge in [0.15, 0.2) is 0 Å². The van der Waals surface area contributed by atoms with Crippen LogP contribution in [0.15, 0.2) is 12.3 Å². The second-order valence-electron chi connectivity index (χ2n) is 1.92. The maximum absolute atomic E-state index is 8.44. The van der Waals surface area contributed by atoms with Gasteiger partial charge in [-0.15, -0.1) is 0 Å². The van der Waals surface area contributed by atoms with Crippen molar-refractivity contribution in [1.29, 1.82) is 5.26 Å². The molecule has 0 aliphatic heterocycles. The van der Waals surface area contributed by atoms with Gasteiger partial charge in [-0.3, -0.25) is 0 Å². The molecule has 0 saturated heterocycles. The molecule has 56 valence electrons. The first-order chi connectivity index (χ1) is 5.27. The van der Waals surface area contributed by atoms with Gasteiger partial charge >= 0.3 is 0 Å². The van der Waals surface area contributed by atoms with E-state index in [1.165, 1.54) is 19.4 Å². The molecule has 0 unspecified atom stereocenters. The van der Waals surface area contributed by atoms with Crippen LogP contribution in [0.4, 0.5) is 5.69 Å². The van der Waals surface area contributed by atoms with Gasteiger partial charge in [0.05, 0.1) is 19.0 Å². The minimum absolute atomic E-state index is 0.302. The lowest BCUT2D eigenvalue weighted by atomic mass is 10.3. The van der Waals surface area contributed by atoms with Crippen LogP contribution in [0.25, 0.3) is 0 Å². The molecule has 4 nitrogen and oxygen atoms in total. The maximum atomic E-state index is 8.44. The van der Waals surface area contributed by atoms with E-state index in [0.717, 1.165) is 0 Å². The SMILES string of the molecule is COc1cc(C#N)ncc1N. The van der Waals surface area contributed by atoms with Gasteiger partial charge in [-0.1, -0.05) is 0 Å². The summed E-state index contributed by atoms with van der Waals surface area (Å²) in [5.74, 6) is 0.483. The lowest BCUT2D eigenvalue weighted by Crippen LogP contribution is -1.94. The third kappa shape index (κ3) is 1.38. The third-order valence-corrected chi connectivity index (χ3v) is 1.23. The minimum atomic E-state index is 0.302. The Morgan fingerprint density at radius 2 is 2.45 bits per heavy atom. The topological polar surface area (TPSA) is 71.9 Å². The number of nitrogens with two attached hydrogens (primary N) is 1. The van der Waals surface area contributed by atoms with Gasteiger partial charge in [0, 0.05) is 6.07 Å². The summed E-state index contributed by atoms with van der Waals surface area (Å²) in [4.78, 5) is 3.74. The van der Waals surface area contributed by atoms with Crippen molar-refractivity contribution >= 4 is 5.69 Å². The second kappa shape index (κ2) is 2.88. The predicted octanol–water partition coefficient (Wildman–Crippen LogP) is 0.544. The van der Waals surface area contributed by atoms with Crippen LogP contribution in [0, 0.1) is 11.3 Å². The first-order valence-corrected chi connectivity index (χ1v) is 2.97. The van der Waals surface area contributed by atoms with E-state index in [9.17, 15) is 0 Å². The number of aromatic nitrogens is 1. The molecule has 0 spiro atoms. The van der Waals surface area contributed by atoms with Crippen molar-refractivity contribution in [2.45, 2.75) is 0 Å². The summed E-state index contributed by atoms with van der Waals surface area (Å²) in [6.45, 7) is 0. The van der Waals surface area contributed by atoms with Crippen molar-refractivity contribution in [3.05, 3.63) is 18.0 Å². The average Bonchev–Trinajstić information content (AvgIpc) is 2.05. The number of nitrogen functional groups attached to an aromatic ring is 1. The van der Waals surface area contributed by atoms with Gasteiger partial charge in [-0.2, -0.15) is 5.26 Å². The van der Waals surface area contributed by atoms with Crippen LogP contribution in [-0.4, -0.2) is 12.1 Å². The number of hydrogen-bond acceptors (Lipinski definition) is 4. The molecule has 0 aliphatic carbocycles. The fourth-order valence-corrected chi connectivity index (χ4v) is 0.685. The lowest BCUT2D eigenvalue weighted by Gasteiger charge is -2.01. The van der Waals surface area contributed by atoms with Crippen LogP contribution in [0.1, 0.15) is 5.69 Å². The molecule has 0 fully saturated rings. The number of ether oxygens (including phenoxy) is 1. The number of hydrogen-bond donors (Lipinski definition) is 1. The monoisotopic (exact) mass is 149 g/mol. The first kappa shape index (κ1) is 7.35. The van der Waals surface area contributed by atoms with E-state index in [1.807, 2.05) is 6.07 Å². The summed E-state index contributed by atoms with van der Waals surface area (Å²) in [7, 11) is 1.49. The van der Waals surface area contributed by atoms with Gasteiger partial charge in [0.25, 0.3) is 0 Å². The van der Waals surface area contributed by atoms with Crippen molar-refractivity contribution in [1.82, 2.24) is 4.98 Å². The molecule has 11 heavy (non-hydrogen) atoms. The molecule has 2 N–H and O–H groups in total. The normalized spacial score (nSPS) is 8.73. The molecule has 0 bridgehead atoms. The van der Waals surface area contributed by atoms with Gasteiger partial charge in [-0.25, -0.2) is 4.98 Å². The van der Waals surface area contributed by atoms with Gasteiger partial charge < -0.3 is 10.5 Å². The van der Waals surface area contributed by atoms with E-state index in [4.69, 9.17) is 15.7 Å². The van der Waals surface area contributed by atoms with Gasteiger partial charge in [0.2, 0.25) is 0 Å². The molecule has 1 aromatic rings. The molecule has 0 amide bonds. The van der Waals surface area contributed by atoms with Crippen LogP contribution >= 0.6 is 0 Å². The summed E-state index contributed by atoms with van der Waals surface area (Å²) in [5.41, 5.74) is 6.20. The number of anilines is 1. The van der Waals surface area contributed by atoms with Crippen molar-refractivity contribution in [2.75, 3.05) is 12.8 Å². The Bertz CT molecular complexity index is 303. The molecule has 1 rings (SSSR count). The van der Waals surface area contributed by atoms with Crippen LogP contribution in [0.3, 0.4) is 0 Å². The largest absolute Gasteiger partial charge is 0.494 e. The van der Waals surface area contributed by atoms with Crippen molar-refractivity contribution < 1.29 is 4.74 Å². The molecule has 0 radical (unpaired) electrons. The summed E-state index contributed by atoms with van der Waals surface area (Å²) >= 11 is 0. The van der Waals surface area contributed by atoms with Crippen molar-refractivity contribution in [3.8, 4) is 11.8 Å². The highest BCUT2D eigenvalue weighted by atomic mass is 16.5. The number of nitrogens with zero attached hydrogens (tertiary/aromatic N) is 2. The van der Waals surface area contributed by atoms with E-state index in [1.54, 1.807) is 0 Å². The summed E-state index contributed by atoms with van der Waals surface area (Å²) < 4.78 is 4.87. The van der Waals surface area contributed by atoms with Crippen LogP contribution in [0.2, 0.25) is 0 Å². The highest BCUT2D eigenvalue weighted by molar-refractivity contribution is 5.52. The number of methoxy groups -OCH3 is 1. The molecular weight excluding hydrogens is 142 g/mol. The Kier molecular flexibility index (Phi) is 1.93. The Balaban J connectivity index is 3.15. The molecule has 0 aromatic carbocycles. The molecule has 0 saturated carbocycles. The fourth-order valence-electron chi connectivity index (χ4n) is 0.685. The summed E-state index contributed by atoms with van der Waals surface area (Å²) in [6.07, 6.45) is 1.40. The maximum Gasteiger partial charge on any atom is 0.146 e. The standard InChI is InChI=1S/C7H7N3O/c1-11-7-2-5(3-8)10-4-6(7)9/h2,4H,9H2,1H3. The van der Waals surface area contributed by atoms with Crippen molar-refractivity contribution in [3.63, 3.8) is 0 Å². The number of rotatable bonds is 1. The molecule has 1 heterocycles. The van der Waals surface area contributed by atoms with E-state index >= 15 is 0 Å². The molecule has 4 heteroatoms.